The molecular formula is C24H33F3O2. The van der Waals surface area contributed by atoms with Gasteiger partial charge in [0.15, 0.2) is 11.5 Å². The van der Waals surface area contributed by atoms with Crippen molar-refractivity contribution in [1.82, 2.24) is 0 Å². The number of ether oxygens (including phenoxy) is 2. The maximum atomic E-state index is 14.1. The summed E-state index contributed by atoms with van der Waals surface area (Å²) in [4.78, 5) is 0. The van der Waals surface area contributed by atoms with Crippen LogP contribution in [0.3, 0.4) is 0 Å². The summed E-state index contributed by atoms with van der Waals surface area (Å²) in [6.45, 7) is 2.08. The maximum Gasteiger partial charge on any atom is 0.204 e. The van der Waals surface area contributed by atoms with Gasteiger partial charge in [-0.2, -0.15) is 8.78 Å². The first-order chi connectivity index (χ1) is 14.1. The van der Waals surface area contributed by atoms with Gasteiger partial charge in [0.05, 0.1) is 13.2 Å². The molecule has 162 valence electrons. The molecule has 1 aromatic rings. The molecule has 0 radical (unpaired) electrons. The third kappa shape index (κ3) is 5.93. The number of rotatable bonds is 8. The van der Waals surface area contributed by atoms with Crippen molar-refractivity contribution in [3.8, 4) is 11.5 Å². The van der Waals surface area contributed by atoms with E-state index in [2.05, 4.69) is 0 Å². The van der Waals surface area contributed by atoms with Crippen LogP contribution in [0.15, 0.2) is 24.3 Å². The van der Waals surface area contributed by atoms with Crippen LogP contribution in [0.25, 0.3) is 0 Å². The van der Waals surface area contributed by atoms with Gasteiger partial charge in [-0.05, 0) is 94.1 Å². The van der Waals surface area contributed by atoms with E-state index in [4.69, 9.17) is 9.47 Å². The average Bonchev–Trinajstić information content (AvgIpc) is 2.76. The van der Waals surface area contributed by atoms with Crippen molar-refractivity contribution in [2.24, 2.45) is 23.7 Å². The van der Waals surface area contributed by atoms with Crippen LogP contribution in [-0.2, 0) is 0 Å². The minimum absolute atomic E-state index is 0.0345. The largest absolute Gasteiger partial charge is 0.491 e. The van der Waals surface area contributed by atoms with Crippen LogP contribution in [-0.4, -0.2) is 19.9 Å². The molecular weight excluding hydrogens is 377 g/mol. The Morgan fingerprint density at radius 2 is 1.41 bits per heavy atom. The molecule has 2 fully saturated rings. The molecule has 0 bridgehead atoms. The van der Waals surface area contributed by atoms with Gasteiger partial charge in [-0.25, -0.2) is 4.39 Å². The molecule has 5 heteroatoms. The molecule has 0 unspecified atom stereocenters. The average molecular weight is 411 g/mol. The van der Waals surface area contributed by atoms with E-state index in [0.29, 0.717) is 18.4 Å². The lowest BCUT2D eigenvalue weighted by atomic mass is 9.69. The molecule has 2 aliphatic carbocycles. The second-order valence-corrected chi connectivity index (χ2v) is 8.47. The molecule has 0 atom stereocenters. The lowest BCUT2D eigenvalue weighted by Crippen LogP contribution is -2.27. The smallest absolute Gasteiger partial charge is 0.204 e. The molecule has 2 nitrogen and oxygen atoms in total. The van der Waals surface area contributed by atoms with Crippen molar-refractivity contribution in [1.29, 1.82) is 0 Å². The maximum absolute atomic E-state index is 14.1. The van der Waals surface area contributed by atoms with Crippen molar-refractivity contribution in [3.05, 3.63) is 35.9 Å². The van der Waals surface area contributed by atoms with Crippen molar-refractivity contribution in [2.75, 3.05) is 19.9 Å². The highest BCUT2D eigenvalue weighted by Crippen LogP contribution is 2.41. The second kappa shape index (κ2) is 10.9. The predicted octanol–water partition coefficient (Wildman–Crippen LogP) is 6.88. The van der Waals surface area contributed by atoms with Crippen LogP contribution in [0.2, 0.25) is 0 Å². The van der Waals surface area contributed by atoms with Crippen LogP contribution in [0.1, 0.15) is 58.3 Å². The zero-order chi connectivity index (χ0) is 20.6. The number of hydrogen-bond donors (Lipinski definition) is 0. The van der Waals surface area contributed by atoms with E-state index >= 15 is 0 Å². The van der Waals surface area contributed by atoms with Gasteiger partial charge in [0.2, 0.25) is 11.6 Å². The fraction of sp³-hybridized carbons (Fsp3) is 0.667. The normalized spacial score (nSPS) is 27.9. The van der Waals surface area contributed by atoms with Gasteiger partial charge in [-0.15, -0.1) is 0 Å². The Hall–Kier alpha value is -1.65. The molecule has 1 aromatic carbocycles. The number of allylic oxidation sites excluding steroid dienone is 2. The topological polar surface area (TPSA) is 18.5 Å². The molecule has 0 heterocycles. The second-order valence-electron chi connectivity index (χ2n) is 8.47. The van der Waals surface area contributed by atoms with Gasteiger partial charge in [0, 0.05) is 0 Å². The summed E-state index contributed by atoms with van der Waals surface area (Å²) in [6.07, 6.45) is 13.0. The first-order valence-corrected chi connectivity index (χ1v) is 11.1. The highest BCUT2D eigenvalue weighted by Gasteiger charge is 2.30. The first-order valence-electron chi connectivity index (χ1n) is 11.1. The summed E-state index contributed by atoms with van der Waals surface area (Å²) in [5.41, 5.74) is 0. The molecule has 2 aliphatic rings. The molecule has 0 saturated heterocycles. The molecule has 0 aliphatic heterocycles. The third-order valence-electron chi connectivity index (χ3n) is 6.66. The highest BCUT2D eigenvalue weighted by atomic mass is 19.2. The molecule has 0 amide bonds. The van der Waals surface area contributed by atoms with Crippen LogP contribution in [0.5, 0.6) is 11.5 Å². The quantitative estimate of drug-likeness (QED) is 0.435. The van der Waals surface area contributed by atoms with Crippen LogP contribution >= 0.6 is 0 Å². The zero-order valence-corrected chi connectivity index (χ0v) is 17.3. The number of benzene rings is 1. The van der Waals surface area contributed by atoms with Crippen LogP contribution in [0, 0.1) is 35.3 Å². The number of hydrogen-bond acceptors (Lipinski definition) is 2. The van der Waals surface area contributed by atoms with E-state index in [1.807, 2.05) is 6.08 Å². The van der Waals surface area contributed by atoms with Crippen molar-refractivity contribution in [2.45, 2.75) is 58.3 Å². The van der Waals surface area contributed by atoms with Gasteiger partial charge < -0.3 is 9.47 Å². The van der Waals surface area contributed by atoms with Crippen molar-refractivity contribution in [3.63, 3.8) is 0 Å². The first kappa shape index (κ1) is 22.0. The molecule has 2 saturated carbocycles. The van der Waals surface area contributed by atoms with E-state index < -0.39 is 11.6 Å². The molecule has 0 N–H and O–H groups in total. The summed E-state index contributed by atoms with van der Waals surface area (Å²) in [7, 11) is 0. The fourth-order valence-electron chi connectivity index (χ4n) is 4.98. The van der Waals surface area contributed by atoms with Gasteiger partial charge in [-0.3, -0.25) is 0 Å². The van der Waals surface area contributed by atoms with Crippen molar-refractivity contribution < 1.29 is 22.6 Å². The summed E-state index contributed by atoms with van der Waals surface area (Å²) in [5.74, 6) is 0.426. The SMILES string of the molecule is CCOc1ccc(OCC2CCC(C3CCC(/C=C/CF)CC3)CC2)c(F)c1F. The van der Waals surface area contributed by atoms with Gasteiger partial charge in [0.1, 0.15) is 6.67 Å². The zero-order valence-electron chi connectivity index (χ0n) is 17.3. The summed E-state index contributed by atoms with van der Waals surface area (Å²) >= 11 is 0. The number of halogens is 3. The summed E-state index contributed by atoms with van der Waals surface area (Å²) < 4.78 is 51.1. The van der Waals surface area contributed by atoms with E-state index in [-0.39, 0.29) is 24.8 Å². The molecule has 3 rings (SSSR count). The van der Waals surface area contributed by atoms with Gasteiger partial charge in [-0.1, -0.05) is 12.2 Å². The van der Waals surface area contributed by atoms with Crippen molar-refractivity contribution >= 4 is 0 Å². The Balaban J connectivity index is 1.42. The lowest BCUT2D eigenvalue weighted by molar-refractivity contribution is 0.127. The highest BCUT2D eigenvalue weighted by molar-refractivity contribution is 5.35. The Labute approximate surface area is 172 Å². The standard InChI is InChI=1S/C24H33F3O2/c1-2-28-21-13-14-22(24(27)23(21)26)29-16-18-7-11-20(12-8-18)19-9-5-17(6-10-19)4-3-15-25/h3-4,13-14,17-20H,2,5-12,15-16H2,1H3/b4-3+. The van der Waals surface area contributed by atoms with Crippen LogP contribution < -0.4 is 9.47 Å². The molecule has 29 heavy (non-hydrogen) atoms. The molecule has 0 aromatic heterocycles. The van der Waals surface area contributed by atoms with E-state index in [1.165, 1.54) is 50.7 Å². The monoisotopic (exact) mass is 410 g/mol. The van der Waals surface area contributed by atoms with E-state index in [0.717, 1.165) is 24.7 Å². The minimum Gasteiger partial charge on any atom is -0.491 e. The van der Waals surface area contributed by atoms with E-state index in [9.17, 15) is 13.2 Å². The summed E-state index contributed by atoms with van der Waals surface area (Å²) in [5, 5.41) is 0. The Morgan fingerprint density at radius 3 is 1.97 bits per heavy atom. The van der Waals surface area contributed by atoms with E-state index in [1.54, 1.807) is 13.0 Å². The molecule has 0 spiro atoms. The Bertz CT molecular complexity index is 660. The fourth-order valence-corrected chi connectivity index (χ4v) is 4.98. The number of alkyl halides is 1. The van der Waals surface area contributed by atoms with Crippen LogP contribution in [0.4, 0.5) is 13.2 Å². The minimum atomic E-state index is -0.981. The summed E-state index contributed by atoms with van der Waals surface area (Å²) in [6, 6.07) is 2.87. The predicted molar refractivity (Wildman–Crippen MR) is 109 cm³/mol. The third-order valence-corrected chi connectivity index (χ3v) is 6.66. The Kier molecular flexibility index (Phi) is 8.31. The van der Waals surface area contributed by atoms with Gasteiger partial charge >= 0.3 is 0 Å². The van der Waals surface area contributed by atoms with Gasteiger partial charge in [0.25, 0.3) is 0 Å². The Morgan fingerprint density at radius 1 is 0.862 bits per heavy atom. The lowest BCUT2D eigenvalue weighted by Gasteiger charge is -2.37.